The molecule has 0 heterocycles. The number of aryl methyl sites for hydroxylation is 1. The molecule has 226 valence electrons. The number of amides is 2. The molecule has 0 spiro atoms. The SMILES string of the molecule is CCOc1ccc(N(CC(=O)N(Cc2ccc(C)cc2)[C@H](CC)C(=O)NCC(C)C)S(=O)(=O)c2ccc(F)cc2)cc1. The van der Waals surface area contributed by atoms with Crippen LogP contribution in [-0.2, 0) is 26.2 Å². The number of hydrogen-bond donors (Lipinski definition) is 1. The van der Waals surface area contributed by atoms with E-state index in [-0.39, 0.29) is 29.0 Å². The maximum Gasteiger partial charge on any atom is 0.264 e. The third-order valence-corrected chi connectivity index (χ3v) is 8.45. The molecule has 0 bridgehead atoms. The third-order valence-electron chi connectivity index (χ3n) is 6.66. The molecule has 0 aliphatic carbocycles. The van der Waals surface area contributed by atoms with Crippen molar-refractivity contribution in [3.63, 3.8) is 0 Å². The largest absolute Gasteiger partial charge is 0.494 e. The fourth-order valence-electron chi connectivity index (χ4n) is 4.37. The summed E-state index contributed by atoms with van der Waals surface area (Å²) in [4.78, 5) is 28.6. The van der Waals surface area contributed by atoms with E-state index in [2.05, 4.69) is 5.32 Å². The Hall–Kier alpha value is -3.92. The Balaban J connectivity index is 2.04. The zero-order valence-corrected chi connectivity index (χ0v) is 25.7. The molecule has 3 rings (SSSR count). The predicted molar refractivity (Wildman–Crippen MR) is 162 cm³/mol. The second-order valence-electron chi connectivity index (χ2n) is 10.5. The quantitative estimate of drug-likeness (QED) is 0.272. The number of halogens is 1. The van der Waals surface area contributed by atoms with Gasteiger partial charge in [0.1, 0.15) is 24.2 Å². The lowest BCUT2D eigenvalue weighted by atomic mass is 10.1. The van der Waals surface area contributed by atoms with Crippen molar-refractivity contribution in [1.29, 1.82) is 0 Å². The summed E-state index contributed by atoms with van der Waals surface area (Å²) < 4.78 is 47.9. The van der Waals surface area contributed by atoms with E-state index < -0.39 is 34.3 Å². The predicted octanol–water partition coefficient (Wildman–Crippen LogP) is 5.31. The molecule has 3 aromatic rings. The minimum atomic E-state index is -4.30. The maximum absolute atomic E-state index is 14.1. The van der Waals surface area contributed by atoms with Crippen LogP contribution in [0.2, 0.25) is 0 Å². The van der Waals surface area contributed by atoms with E-state index in [1.807, 2.05) is 58.9 Å². The molecule has 1 N–H and O–H groups in total. The Kier molecular flexibility index (Phi) is 11.5. The second-order valence-corrected chi connectivity index (χ2v) is 12.3. The van der Waals surface area contributed by atoms with Crippen LogP contribution in [0.1, 0.15) is 45.2 Å². The summed E-state index contributed by atoms with van der Waals surface area (Å²) in [5, 5.41) is 2.91. The second kappa shape index (κ2) is 14.8. The van der Waals surface area contributed by atoms with Crippen molar-refractivity contribution in [3.05, 3.63) is 89.7 Å². The molecule has 0 saturated heterocycles. The summed E-state index contributed by atoms with van der Waals surface area (Å²) in [5.74, 6) is -0.688. The van der Waals surface area contributed by atoms with Crippen molar-refractivity contribution >= 4 is 27.5 Å². The Labute approximate surface area is 248 Å². The van der Waals surface area contributed by atoms with Crippen LogP contribution in [0.25, 0.3) is 0 Å². The molecule has 0 aliphatic heterocycles. The smallest absolute Gasteiger partial charge is 0.264 e. The van der Waals surface area contributed by atoms with E-state index in [4.69, 9.17) is 4.74 Å². The highest BCUT2D eigenvalue weighted by Gasteiger charge is 2.33. The van der Waals surface area contributed by atoms with Crippen LogP contribution >= 0.6 is 0 Å². The van der Waals surface area contributed by atoms with Gasteiger partial charge in [0.25, 0.3) is 10.0 Å². The Morgan fingerprint density at radius 1 is 0.929 bits per heavy atom. The van der Waals surface area contributed by atoms with Crippen molar-refractivity contribution in [2.45, 2.75) is 58.5 Å². The molecular formula is C32H40FN3O5S. The van der Waals surface area contributed by atoms with E-state index in [0.29, 0.717) is 25.3 Å². The van der Waals surface area contributed by atoms with Gasteiger partial charge in [-0.2, -0.15) is 0 Å². The Morgan fingerprint density at radius 3 is 2.10 bits per heavy atom. The van der Waals surface area contributed by atoms with Crippen molar-refractivity contribution in [2.24, 2.45) is 5.92 Å². The molecule has 3 aromatic carbocycles. The van der Waals surface area contributed by atoms with Gasteiger partial charge in [-0.3, -0.25) is 13.9 Å². The fraction of sp³-hybridized carbons (Fsp3) is 0.375. The van der Waals surface area contributed by atoms with Gasteiger partial charge in [0.15, 0.2) is 0 Å². The third kappa shape index (κ3) is 8.55. The molecule has 0 radical (unpaired) electrons. The molecule has 0 aromatic heterocycles. The van der Waals surface area contributed by atoms with Crippen LogP contribution in [0.3, 0.4) is 0 Å². The zero-order valence-electron chi connectivity index (χ0n) is 24.8. The van der Waals surface area contributed by atoms with E-state index >= 15 is 0 Å². The monoisotopic (exact) mass is 597 g/mol. The van der Waals surface area contributed by atoms with E-state index in [0.717, 1.165) is 39.7 Å². The minimum Gasteiger partial charge on any atom is -0.494 e. The number of sulfonamides is 1. The molecule has 0 saturated carbocycles. The molecule has 1 atom stereocenters. The lowest BCUT2D eigenvalue weighted by molar-refractivity contribution is -0.140. The fourth-order valence-corrected chi connectivity index (χ4v) is 5.78. The van der Waals surface area contributed by atoms with Crippen molar-refractivity contribution < 1.29 is 27.1 Å². The van der Waals surface area contributed by atoms with Gasteiger partial charge in [0.2, 0.25) is 11.8 Å². The first-order valence-electron chi connectivity index (χ1n) is 14.1. The molecule has 42 heavy (non-hydrogen) atoms. The number of nitrogens with one attached hydrogen (secondary N) is 1. The maximum atomic E-state index is 14.1. The average Bonchev–Trinajstić information content (AvgIpc) is 2.96. The number of carbonyl (C=O) groups excluding carboxylic acids is 2. The van der Waals surface area contributed by atoms with Crippen molar-refractivity contribution in [2.75, 3.05) is 24.0 Å². The lowest BCUT2D eigenvalue weighted by Crippen LogP contribution is -2.52. The van der Waals surface area contributed by atoms with Gasteiger partial charge in [0.05, 0.1) is 17.2 Å². The first kappa shape index (κ1) is 32.6. The van der Waals surface area contributed by atoms with Gasteiger partial charge in [-0.15, -0.1) is 0 Å². The first-order valence-corrected chi connectivity index (χ1v) is 15.5. The van der Waals surface area contributed by atoms with Gasteiger partial charge in [-0.25, -0.2) is 12.8 Å². The number of hydrogen-bond acceptors (Lipinski definition) is 5. The summed E-state index contributed by atoms with van der Waals surface area (Å²) in [6.07, 6.45) is 0.329. The van der Waals surface area contributed by atoms with Crippen molar-refractivity contribution in [1.82, 2.24) is 10.2 Å². The highest BCUT2D eigenvalue weighted by molar-refractivity contribution is 7.92. The average molecular weight is 598 g/mol. The Morgan fingerprint density at radius 2 is 1.55 bits per heavy atom. The van der Waals surface area contributed by atoms with E-state index in [1.165, 1.54) is 4.90 Å². The topological polar surface area (TPSA) is 96.0 Å². The molecular weight excluding hydrogens is 557 g/mol. The number of ether oxygens (including phenoxy) is 1. The zero-order chi connectivity index (χ0) is 30.9. The van der Waals surface area contributed by atoms with Crippen LogP contribution in [-0.4, -0.2) is 50.9 Å². The van der Waals surface area contributed by atoms with Crippen LogP contribution < -0.4 is 14.4 Å². The van der Waals surface area contributed by atoms with Crippen LogP contribution in [0.15, 0.2) is 77.7 Å². The number of rotatable bonds is 14. The highest BCUT2D eigenvalue weighted by Crippen LogP contribution is 2.27. The van der Waals surface area contributed by atoms with Gasteiger partial charge < -0.3 is 15.0 Å². The van der Waals surface area contributed by atoms with Gasteiger partial charge in [-0.05, 0) is 80.3 Å². The molecule has 0 unspecified atom stereocenters. The normalized spacial score (nSPS) is 12.1. The molecule has 8 nitrogen and oxygen atoms in total. The first-order chi connectivity index (χ1) is 20.0. The summed E-state index contributed by atoms with van der Waals surface area (Å²) in [5.41, 5.74) is 2.08. The minimum absolute atomic E-state index is 0.112. The molecule has 10 heteroatoms. The van der Waals surface area contributed by atoms with Gasteiger partial charge in [-0.1, -0.05) is 50.6 Å². The number of nitrogens with zero attached hydrogens (tertiary/aromatic N) is 2. The molecule has 2 amide bonds. The summed E-state index contributed by atoms with van der Waals surface area (Å²) >= 11 is 0. The van der Waals surface area contributed by atoms with E-state index in [1.54, 1.807) is 24.3 Å². The number of carbonyl (C=O) groups is 2. The van der Waals surface area contributed by atoms with Gasteiger partial charge >= 0.3 is 0 Å². The summed E-state index contributed by atoms with van der Waals surface area (Å²) in [6.45, 7) is 9.97. The highest BCUT2D eigenvalue weighted by atomic mass is 32.2. The molecule has 0 fully saturated rings. The number of benzene rings is 3. The summed E-state index contributed by atoms with van der Waals surface area (Å²) in [7, 11) is -4.30. The van der Waals surface area contributed by atoms with Crippen LogP contribution in [0.5, 0.6) is 5.75 Å². The Bertz CT molecular complexity index is 1430. The van der Waals surface area contributed by atoms with Crippen LogP contribution in [0.4, 0.5) is 10.1 Å². The summed E-state index contributed by atoms with van der Waals surface area (Å²) in [6, 6.07) is 17.6. The lowest BCUT2D eigenvalue weighted by Gasteiger charge is -2.33. The molecule has 0 aliphatic rings. The van der Waals surface area contributed by atoms with Crippen LogP contribution in [0, 0.1) is 18.7 Å². The van der Waals surface area contributed by atoms with Gasteiger partial charge in [0, 0.05) is 13.1 Å². The number of anilines is 1. The van der Waals surface area contributed by atoms with Crippen molar-refractivity contribution in [3.8, 4) is 5.75 Å². The van der Waals surface area contributed by atoms with E-state index in [9.17, 15) is 22.4 Å². The standard InChI is InChI=1S/C32H40FN3O5S/c1-6-30(32(38)34-20-23(3)4)35(21-25-10-8-24(5)9-11-25)31(37)22-36(27-14-16-28(17-15-27)41-7-2)42(39,40)29-18-12-26(33)13-19-29/h8-19,23,30H,6-7,20-22H2,1-5H3,(H,34,38)/t30-/m1/s1.